The third kappa shape index (κ3) is 3.77. The highest BCUT2D eigenvalue weighted by Gasteiger charge is 2.28. The molecule has 0 atom stereocenters. The van der Waals surface area contributed by atoms with Crippen LogP contribution in [0.3, 0.4) is 0 Å². The molecule has 0 radical (unpaired) electrons. The van der Waals surface area contributed by atoms with Crippen LogP contribution in [0.5, 0.6) is 0 Å². The van der Waals surface area contributed by atoms with Gasteiger partial charge in [0.1, 0.15) is 5.82 Å². The van der Waals surface area contributed by atoms with Crippen LogP contribution in [0.4, 0.5) is 4.39 Å². The molecular formula is C15H18FN3O2S2. The van der Waals surface area contributed by atoms with Crippen LogP contribution in [0.25, 0.3) is 0 Å². The molecular weight excluding hydrogens is 337 g/mol. The maximum Gasteiger partial charge on any atom is 0.243 e. The first-order valence-electron chi connectivity index (χ1n) is 7.34. The molecule has 1 saturated heterocycles. The Morgan fingerprint density at radius 3 is 2.61 bits per heavy atom. The number of aryl methyl sites for hydroxylation is 1. The summed E-state index contributed by atoms with van der Waals surface area (Å²) in [6.07, 6.45) is 0. The number of sulfonamides is 1. The molecule has 0 aliphatic carbocycles. The van der Waals surface area contributed by atoms with E-state index in [1.165, 1.54) is 22.5 Å². The lowest BCUT2D eigenvalue weighted by Crippen LogP contribution is -2.48. The van der Waals surface area contributed by atoms with Crippen molar-refractivity contribution in [3.63, 3.8) is 0 Å². The number of aromatic nitrogens is 1. The van der Waals surface area contributed by atoms with E-state index in [0.717, 1.165) is 23.3 Å². The fraction of sp³-hybridized carbons (Fsp3) is 0.400. The fourth-order valence-electron chi connectivity index (χ4n) is 2.61. The smallest absolute Gasteiger partial charge is 0.243 e. The van der Waals surface area contributed by atoms with Crippen molar-refractivity contribution in [2.45, 2.75) is 18.4 Å². The van der Waals surface area contributed by atoms with Crippen LogP contribution in [0, 0.1) is 12.7 Å². The zero-order valence-electron chi connectivity index (χ0n) is 12.8. The third-order valence-corrected chi connectivity index (χ3v) is 6.53. The van der Waals surface area contributed by atoms with E-state index in [9.17, 15) is 12.8 Å². The number of halogens is 1. The number of rotatable bonds is 4. The Hall–Kier alpha value is -1.35. The van der Waals surface area contributed by atoms with Crippen LogP contribution in [-0.4, -0.2) is 48.8 Å². The SMILES string of the molecule is Cc1nc(CN2CCN(S(=O)(=O)c3cccc(F)c3)CC2)cs1. The highest BCUT2D eigenvalue weighted by Crippen LogP contribution is 2.19. The van der Waals surface area contributed by atoms with Gasteiger partial charge in [-0.15, -0.1) is 11.3 Å². The number of thiazole rings is 1. The summed E-state index contributed by atoms with van der Waals surface area (Å²) in [6, 6.07) is 5.17. The van der Waals surface area contributed by atoms with Crippen molar-refractivity contribution < 1.29 is 12.8 Å². The molecule has 0 spiro atoms. The normalized spacial score (nSPS) is 17.5. The molecule has 0 unspecified atom stereocenters. The van der Waals surface area contributed by atoms with Gasteiger partial charge in [-0.3, -0.25) is 4.90 Å². The van der Waals surface area contributed by atoms with E-state index in [-0.39, 0.29) is 4.90 Å². The molecule has 5 nitrogen and oxygen atoms in total. The van der Waals surface area contributed by atoms with Crippen molar-refractivity contribution in [3.05, 3.63) is 46.2 Å². The molecule has 1 aromatic heterocycles. The van der Waals surface area contributed by atoms with Crippen LogP contribution in [0.2, 0.25) is 0 Å². The van der Waals surface area contributed by atoms with E-state index in [4.69, 9.17) is 0 Å². The molecule has 2 heterocycles. The van der Waals surface area contributed by atoms with Crippen LogP contribution < -0.4 is 0 Å². The average Bonchev–Trinajstić information content (AvgIpc) is 2.93. The number of hydrogen-bond donors (Lipinski definition) is 0. The molecule has 1 aliphatic heterocycles. The third-order valence-electron chi connectivity index (χ3n) is 3.82. The molecule has 1 aromatic carbocycles. The van der Waals surface area contributed by atoms with Gasteiger partial charge in [-0.1, -0.05) is 6.07 Å². The molecule has 1 fully saturated rings. The minimum absolute atomic E-state index is 0.0149. The lowest BCUT2D eigenvalue weighted by Gasteiger charge is -2.33. The van der Waals surface area contributed by atoms with E-state index >= 15 is 0 Å². The standard InChI is InChI=1S/C15H18FN3O2S2/c1-12-17-14(11-22-12)10-18-5-7-19(8-6-18)23(20,21)15-4-2-3-13(16)9-15/h2-4,9,11H,5-8,10H2,1H3. The van der Waals surface area contributed by atoms with Gasteiger partial charge in [-0.2, -0.15) is 4.31 Å². The molecule has 0 bridgehead atoms. The first kappa shape index (κ1) is 16.5. The van der Waals surface area contributed by atoms with Gasteiger partial charge < -0.3 is 0 Å². The van der Waals surface area contributed by atoms with Gasteiger partial charge in [0, 0.05) is 38.1 Å². The van der Waals surface area contributed by atoms with E-state index in [2.05, 4.69) is 9.88 Å². The maximum atomic E-state index is 13.3. The van der Waals surface area contributed by atoms with Gasteiger partial charge in [0.15, 0.2) is 0 Å². The van der Waals surface area contributed by atoms with Crippen molar-refractivity contribution >= 4 is 21.4 Å². The van der Waals surface area contributed by atoms with Crippen LogP contribution in [0.1, 0.15) is 10.7 Å². The second kappa shape index (κ2) is 6.64. The fourth-order valence-corrected chi connectivity index (χ4v) is 4.67. The van der Waals surface area contributed by atoms with E-state index in [1.807, 2.05) is 12.3 Å². The summed E-state index contributed by atoms with van der Waals surface area (Å²) in [4.78, 5) is 6.63. The number of benzene rings is 1. The highest BCUT2D eigenvalue weighted by molar-refractivity contribution is 7.89. The molecule has 1 aliphatic rings. The number of nitrogens with zero attached hydrogens (tertiary/aromatic N) is 3. The summed E-state index contributed by atoms with van der Waals surface area (Å²) >= 11 is 1.62. The van der Waals surface area contributed by atoms with Gasteiger partial charge in [0.25, 0.3) is 0 Å². The van der Waals surface area contributed by atoms with Crippen LogP contribution in [-0.2, 0) is 16.6 Å². The Morgan fingerprint density at radius 1 is 1.26 bits per heavy atom. The van der Waals surface area contributed by atoms with E-state index in [0.29, 0.717) is 26.2 Å². The first-order chi connectivity index (χ1) is 10.9. The Kier molecular flexibility index (Phi) is 4.77. The molecule has 0 N–H and O–H groups in total. The predicted molar refractivity (Wildman–Crippen MR) is 87.3 cm³/mol. The molecule has 23 heavy (non-hydrogen) atoms. The molecule has 3 rings (SSSR count). The number of hydrogen-bond acceptors (Lipinski definition) is 5. The zero-order valence-corrected chi connectivity index (χ0v) is 14.4. The lowest BCUT2D eigenvalue weighted by atomic mass is 10.3. The lowest BCUT2D eigenvalue weighted by molar-refractivity contribution is 0.180. The summed E-state index contributed by atoms with van der Waals surface area (Å²) in [6.45, 7) is 4.80. The maximum absolute atomic E-state index is 13.3. The van der Waals surface area contributed by atoms with Crippen molar-refractivity contribution in [2.75, 3.05) is 26.2 Å². The quantitative estimate of drug-likeness (QED) is 0.843. The zero-order chi connectivity index (χ0) is 16.4. The molecule has 0 saturated carbocycles. The van der Waals surface area contributed by atoms with E-state index < -0.39 is 15.8 Å². The predicted octanol–water partition coefficient (Wildman–Crippen LogP) is 2.10. The van der Waals surface area contributed by atoms with Crippen molar-refractivity contribution in [1.29, 1.82) is 0 Å². The molecule has 2 aromatic rings. The van der Waals surface area contributed by atoms with Gasteiger partial charge in [-0.25, -0.2) is 17.8 Å². The summed E-state index contributed by atoms with van der Waals surface area (Å²) < 4.78 is 39.8. The molecule has 8 heteroatoms. The summed E-state index contributed by atoms with van der Waals surface area (Å²) in [7, 11) is -3.62. The van der Waals surface area contributed by atoms with Crippen molar-refractivity contribution in [1.82, 2.24) is 14.2 Å². The Labute approximate surface area is 139 Å². The van der Waals surface area contributed by atoms with Crippen molar-refractivity contribution in [3.8, 4) is 0 Å². The summed E-state index contributed by atoms with van der Waals surface area (Å²) in [5.41, 5.74) is 1.02. The van der Waals surface area contributed by atoms with Gasteiger partial charge in [-0.05, 0) is 25.1 Å². The summed E-state index contributed by atoms with van der Waals surface area (Å²) in [5, 5.41) is 3.07. The summed E-state index contributed by atoms with van der Waals surface area (Å²) in [5.74, 6) is -0.538. The monoisotopic (exact) mass is 355 g/mol. The average molecular weight is 355 g/mol. The van der Waals surface area contributed by atoms with Crippen LogP contribution >= 0.6 is 11.3 Å². The Balaban J connectivity index is 1.64. The topological polar surface area (TPSA) is 53.5 Å². The minimum atomic E-state index is -3.62. The van der Waals surface area contributed by atoms with Crippen LogP contribution in [0.15, 0.2) is 34.5 Å². The first-order valence-corrected chi connectivity index (χ1v) is 9.66. The molecule has 0 amide bonds. The van der Waals surface area contributed by atoms with Gasteiger partial charge in [0.2, 0.25) is 10.0 Å². The van der Waals surface area contributed by atoms with E-state index in [1.54, 1.807) is 11.3 Å². The second-order valence-corrected chi connectivity index (χ2v) is 8.50. The largest absolute Gasteiger partial charge is 0.295 e. The Morgan fingerprint density at radius 2 is 2.00 bits per heavy atom. The second-order valence-electron chi connectivity index (χ2n) is 5.50. The number of piperazine rings is 1. The Bertz CT molecular complexity index is 784. The molecule has 124 valence electrons. The van der Waals surface area contributed by atoms with Crippen molar-refractivity contribution in [2.24, 2.45) is 0 Å². The van der Waals surface area contributed by atoms with Gasteiger partial charge in [0.05, 0.1) is 15.6 Å². The minimum Gasteiger partial charge on any atom is -0.295 e. The highest BCUT2D eigenvalue weighted by atomic mass is 32.2. The van der Waals surface area contributed by atoms with Gasteiger partial charge >= 0.3 is 0 Å².